The molecule has 0 bridgehead atoms. The van der Waals surface area contributed by atoms with Crippen LogP contribution in [-0.2, 0) is 20.0 Å². The lowest BCUT2D eigenvalue weighted by molar-refractivity contribution is 0.570. The van der Waals surface area contributed by atoms with Crippen molar-refractivity contribution in [1.82, 2.24) is 25.0 Å². The van der Waals surface area contributed by atoms with Crippen LogP contribution in [0, 0.1) is 20.8 Å². The molecular weight excluding hydrogens is 352 g/mol. The first kappa shape index (κ1) is 21.7. The molecule has 0 aliphatic heterocycles. The second-order valence-electron chi connectivity index (χ2n) is 7.39. The van der Waals surface area contributed by atoms with E-state index in [0.717, 1.165) is 49.7 Å². The standard InChI is InChI=1S/C21H34N6O/c1-15(14-19-17(3)25-26(6)18(19)4)24-21(22-5)23-12-7-8-13-27-16(2)10-9-11-20(27)28/h9-11,15H,7-8,12-14H2,1-6H3,(H2,22,23,24). The number of nitrogens with one attached hydrogen (secondary N) is 2. The molecule has 7 nitrogen and oxygen atoms in total. The van der Waals surface area contributed by atoms with Crippen LogP contribution in [0.1, 0.15) is 42.4 Å². The highest BCUT2D eigenvalue weighted by atomic mass is 16.1. The molecule has 2 N–H and O–H groups in total. The molecule has 0 amide bonds. The Kier molecular flexibility index (Phi) is 7.84. The Labute approximate surface area is 167 Å². The molecule has 28 heavy (non-hydrogen) atoms. The Bertz CT molecular complexity index is 864. The molecule has 2 aromatic rings. The van der Waals surface area contributed by atoms with E-state index >= 15 is 0 Å². The Morgan fingerprint density at radius 3 is 2.61 bits per heavy atom. The highest BCUT2D eigenvalue weighted by molar-refractivity contribution is 5.79. The maximum atomic E-state index is 11.9. The van der Waals surface area contributed by atoms with Crippen LogP contribution in [0.5, 0.6) is 0 Å². The molecule has 0 fully saturated rings. The largest absolute Gasteiger partial charge is 0.356 e. The van der Waals surface area contributed by atoms with E-state index in [1.165, 1.54) is 11.3 Å². The van der Waals surface area contributed by atoms with Crippen molar-refractivity contribution in [2.24, 2.45) is 12.0 Å². The molecule has 1 unspecified atom stereocenters. The molecule has 0 spiro atoms. The minimum absolute atomic E-state index is 0.0697. The molecule has 2 aromatic heterocycles. The Morgan fingerprint density at radius 2 is 2.00 bits per heavy atom. The number of aryl methyl sites for hydroxylation is 3. The van der Waals surface area contributed by atoms with Crippen molar-refractivity contribution < 1.29 is 0 Å². The van der Waals surface area contributed by atoms with E-state index in [9.17, 15) is 4.79 Å². The monoisotopic (exact) mass is 386 g/mol. The fraction of sp³-hybridized carbons (Fsp3) is 0.571. The minimum atomic E-state index is 0.0697. The third-order valence-electron chi connectivity index (χ3n) is 5.14. The van der Waals surface area contributed by atoms with Crippen LogP contribution in [0.25, 0.3) is 0 Å². The van der Waals surface area contributed by atoms with Crippen LogP contribution in [0.15, 0.2) is 28.0 Å². The maximum absolute atomic E-state index is 11.9. The number of nitrogens with zero attached hydrogens (tertiary/aromatic N) is 4. The normalized spacial score (nSPS) is 12.9. The second-order valence-corrected chi connectivity index (χ2v) is 7.39. The number of pyridine rings is 1. The molecule has 0 saturated heterocycles. The van der Waals surface area contributed by atoms with Crippen LogP contribution >= 0.6 is 0 Å². The number of aliphatic imine (C=N–C) groups is 1. The molecule has 1 atom stereocenters. The number of hydrogen-bond donors (Lipinski definition) is 2. The van der Waals surface area contributed by atoms with E-state index < -0.39 is 0 Å². The lowest BCUT2D eigenvalue weighted by Gasteiger charge is -2.18. The van der Waals surface area contributed by atoms with Gasteiger partial charge >= 0.3 is 0 Å². The van der Waals surface area contributed by atoms with Gasteiger partial charge in [-0.2, -0.15) is 5.10 Å². The summed E-state index contributed by atoms with van der Waals surface area (Å²) in [5.41, 5.74) is 4.67. The third kappa shape index (κ3) is 5.71. The van der Waals surface area contributed by atoms with Gasteiger partial charge in [0.1, 0.15) is 0 Å². The summed E-state index contributed by atoms with van der Waals surface area (Å²) in [7, 11) is 3.77. The van der Waals surface area contributed by atoms with Crippen molar-refractivity contribution in [1.29, 1.82) is 0 Å². The average Bonchev–Trinajstić information content (AvgIpc) is 2.88. The maximum Gasteiger partial charge on any atom is 0.250 e. The van der Waals surface area contributed by atoms with Crippen molar-refractivity contribution >= 4 is 5.96 Å². The first-order valence-electron chi connectivity index (χ1n) is 9.96. The quantitative estimate of drug-likeness (QED) is 0.414. The molecule has 0 aromatic carbocycles. The number of hydrogen-bond acceptors (Lipinski definition) is 3. The van der Waals surface area contributed by atoms with E-state index in [0.29, 0.717) is 0 Å². The predicted molar refractivity (Wildman–Crippen MR) is 115 cm³/mol. The predicted octanol–water partition coefficient (Wildman–Crippen LogP) is 2.08. The average molecular weight is 387 g/mol. The minimum Gasteiger partial charge on any atom is -0.356 e. The molecule has 7 heteroatoms. The van der Waals surface area contributed by atoms with Gasteiger partial charge in [0.2, 0.25) is 0 Å². The molecule has 0 saturated carbocycles. The molecule has 2 heterocycles. The van der Waals surface area contributed by atoms with E-state index in [1.54, 1.807) is 19.2 Å². The lowest BCUT2D eigenvalue weighted by atomic mass is 10.1. The van der Waals surface area contributed by atoms with Gasteiger partial charge in [-0.15, -0.1) is 0 Å². The smallest absolute Gasteiger partial charge is 0.250 e. The van der Waals surface area contributed by atoms with Gasteiger partial charge in [-0.05, 0) is 58.6 Å². The summed E-state index contributed by atoms with van der Waals surface area (Å²) in [5.74, 6) is 0.805. The van der Waals surface area contributed by atoms with Crippen molar-refractivity contribution in [3.05, 3.63) is 51.2 Å². The van der Waals surface area contributed by atoms with Crippen LogP contribution in [0.2, 0.25) is 0 Å². The van der Waals surface area contributed by atoms with Gasteiger partial charge < -0.3 is 15.2 Å². The lowest BCUT2D eigenvalue weighted by Crippen LogP contribution is -2.43. The SMILES string of the molecule is CN=C(NCCCCn1c(C)cccc1=O)NC(C)Cc1c(C)nn(C)c1C. The summed E-state index contributed by atoms with van der Waals surface area (Å²) in [6, 6.07) is 5.64. The number of guanidine groups is 1. The summed E-state index contributed by atoms with van der Waals surface area (Å²) < 4.78 is 3.76. The molecule has 0 aliphatic rings. The molecule has 0 radical (unpaired) electrons. The zero-order chi connectivity index (χ0) is 20.7. The summed E-state index contributed by atoms with van der Waals surface area (Å²) in [5, 5.41) is 11.3. The fourth-order valence-electron chi connectivity index (χ4n) is 3.41. The van der Waals surface area contributed by atoms with Crippen LogP contribution in [-0.4, -0.2) is 39.9 Å². The van der Waals surface area contributed by atoms with Gasteiger partial charge in [0.15, 0.2) is 5.96 Å². The van der Waals surface area contributed by atoms with Crippen molar-refractivity contribution in [3.8, 4) is 0 Å². The van der Waals surface area contributed by atoms with Crippen molar-refractivity contribution in [2.75, 3.05) is 13.6 Å². The molecule has 2 rings (SSSR count). The number of unbranched alkanes of at least 4 members (excludes halogenated alkanes) is 1. The second kappa shape index (κ2) is 10.1. The highest BCUT2D eigenvalue weighted by Gasteiger charge is 2.13. The summed E-state index contributed by atoms with van der Waals surface area (Å²) >= 11 is 0. The van der Waals surface area contributed by atoms with E-state index in [4.69, 9.17) is 0 Å². The number of aromatic nitrogens is 3. The zero-order valence-electron chi connectivity index (χ0n) is 18.0. The van der Waals surface area contributed by atoms with Crippen LogP contribution < -0.4 is 16.2 Å². The Balaban J connectivity index is 1.76. The fourth-order valence-corrected chi connectivity index (χ4v) is 3.41. The summed E-state index contributed by atoms with van der Waals surface area (Å²) in [6.07, 6.45) is 2.82. The first-order valence-corrected chi connectivity index (χ1v) is 9.96. The van der Waals surface area contributed by atoms with Gasteiger partial charge in [0, 0.05) is 50.7 Å². The highest BCUT2D eigenvalue weighted by Crippen LogP contribution is 2.14. The Morgan fingerprint density at radius 1 is 1.25 bits per heavy atom. The van der Waals surface area contributed by atoms with E-state index in [-0.39, 0.29) is 11.6 Å². The third-order valence-corrected chi connectivity index (χ3v) is 5.14. The summed E-state index contributed by atoms with van der Waals surface area (Å²) in [4.78, 5) is 16.2. The zero-order valence-corrected chi connectivity index (χ0v) is 18.0. The topological polar surface area (TPSA) is 76.2 Å². The van der Waals surface area contributed by atoms with E-state index in [1.807, 2.05) is 29.3 Å². The van der Waals surface area contributed by atoms with Gasteiger partial charge in [0.25, 0.3) is 5.56 Å². The number of rotatable bonds is 8. The van der Waals surface area contributed by atoms with Gasteiger partial charge in [-0.3, -0.25) is 14.5 Å². The molecular formula is C21H34N6O. The summed E-state index contributed by atoms with van der Waals surface area (Å²) in [6.45, 7) is 9.85. The van der Waals surface area contributed by atoms with Gasteiger partial charge in [-0.25, -0.2) is 0 Å². The van der Waals surface area contributed by atoms with Gasteiger partial charge in [-0.1, -0.05) is 6.07 Å². The van der Waals surface area contributed by atoms with Crippen molar-refractivity contribution in [3.63, 3.8) is 0 Å². The van der Waals surface area contributed by atoms with Crippen LogP contribution in [0.3, 0.4) is 0 Å². The Hall–Kier alpha value is -2.57. The van der Waals surface area contributed by atoms with Crippen molar-refractivity contribution in [2.45, 2.75) is 59.5 Å². The van der Waals surface area contributed by atoms with Gasteiger partial charge in [0.05, 0.1) is 5.69 Å². The first-order chi connectivity index (χ1) is 13.3. The van der Waals surface area contributed by atoms with E-state index in [2.05, 4.69) is 41.5 Å². The molecule has 0 aliphatic carbocycles. The van der Waals surface area contributed by atoms with Crippen LogP contribution in [0.4, 0.5) is 0 Å². The molecule has 154 valence electrons.